The molecule has 0 aliphatic heterocycles. The molecular formula is C10H13ClN2O. The molecule has 0 saturated carbocycles. The van der Waals surface area contributed by atoms with Gasteiger partial charge in [-0.25, -0.2) is 0 Å². The predicted octanol–water partition coefficient (Wildman–Crippen LogP) is 1.88. The molecule has 0 radical (unpaired) electrons. The summed E-state index contributed by atoms with van der Waals surface area (Å²) in [6.07, 6.45) is 1.82. The van der Waals surface area contributed by atoms with Crippen LogP contribution in [0.2, 0.25) is 5.02 Å². The lowest BCUT2D eigenvalue weighted by atomic mass is 10.1. The molecule has 4 N–H and O–H groups in total. The summed E-state index contributed by atoms with van der Waals surface area (Å²) >= 11 is 6.08. The molecule has 1 atom stereocenters. The Bertz CT molecular complexity index is 379. The van der Waals surface area contributed by atoms with Crippen LogP contribution in [-0.4, -0.2) is 7.11 Å². The first-order chi connectivity index (χ1) is 6.65. The van der Waals surface area contributed by atoms with Gasteiger partial charge in [0.15, 0.2) is 0 Å². The zero-order chi connectivity index (χ0) is 10.3. The molecule has 14 heavy (non-hydrogen) atoms. The van der Waals surface area contributed by atoms with Crippen LogP contribution in [0.3, 0.4) is 0 Å². The second-order valence-electron chi connectivity index (χ2n) is 3.52. The van der Waals surface area contributed by atoms with Gasteiger partial charge >= 0.3 is 0 Å². The molecule has 1 aromatic carbocycles. The number of halogens is 1. The quantitative estimate of drug-likeness (QED) is 0.699. The highest BCUT2D eigenvalue weighted by atomic mass is 35.5. The second-order valence-corrected chi connectivity index (χ2v) is 3.93. The molecule has 4 heteroatoms. The summed E-state index contributed by atoms with van der Waals surface area (Å²) in [5.74, 6) is 0.689. The SMILES string of the molecule is COc1c(N)cc(Cl)c2c1[C@H](N)CC2. The fraction of sp³-hybridized carbons (Fsp3) is 0.400. The van der Waals surface area contributed by atoms with Crippen LogP contribution >= 0.6 is 11.6 Å². The van der Waals surface area contributed by atoms with Crippen LogP contribution in [-0.2, 0) is 6.42 Å². The first-order valence-corrected chi connectivity index (χ1v) is 4.93. The first-order valence-electron chi connectivity index (χ1n) is 4.55. The Morgan fingerprint density at radius 2 is 2.29 bits per heavy atom. The Hall–Kier alpha value is -0.930. The summed E-state index contributed by atoms with van der Waals surface area (Å²) in [6.45, 7) is 0. The summed E-state index contributed by atoms with van der Waals surface area (Å²) in [5, 5.41) is 0.700. The van der Waals surface area contributed by atoms with E-state index in [9.17, 15) is 0 Å². The van der Waals surface area contributed by atoms with Crippen molar-refractivity contribution in [1.82, 2.24) is 0 Å². The number of nitrogens with two attached hydrogens (primary N) is 2. The average Bonchev–Trinajstić information content (AvgIpc) is 2.50. The van der Waals surface area contributed by atoms with Gasteiger partial charge in [0.05, 0.1) is 12.8 Å². The number of hydrogen-bond acceptors (Lipinski definition) is 3. The van der Waals surface area contributed by atoms with Crippen molar-refractivity contribution in [3.8, 4) is 5.75 Å². The molecule has 76 valence electrons. The van der Waals surface area contributed by atoms with Crippen LogP contribution in [0.15, 0.2) is 6.07 Å². The Morgan fingerprint density at radius 3 is 2.93 bits per heavy atom. The highest BCUT2D eigenvalue weighted by molar-refractivity contribution is 6.32. The Labute approximate surface area is 88.0 Å². The third kappa shape index (κ3) is 1.24. The highest BCUT2D eigenvalue weighted by Crippen LogP contribution is 2.43. The minimum atomic E-state index is 0.000880. The van der Waals surface area contributed by atoms with Crippen molar-refractivity contribution in [3.63, 3.8) is 0 Å². The van der Waals surface area contributed by atoms with Crippen LogP contribution in [0.1, 0.15) is 23.6 Å². The molecule has 0 amide bonds. The van der Waals surface area contributed by atoms with E-state index in [1.165, 1.54) is 0 Å². The van der Waals surface area contributed by atoms with E-state index >= 15 is 0 Å². The van der Waals surface area contributed by atoms with Gasteiger partial charge in [0.25, 0.3) is 0 Å². The van der Waals surface area contributed by atoms with Crippen LogP contribution in [0.4, 0.5) is 5.69 Å². The average molecular weight is 213 g/mol. The maximum absolute atomic E-state index is 6.08. The lowest BCUT2D eigenvalue weighted by Crippen LogP contribution is -2.08. The van der Waals surface area contributed by atoms with E-state index in [1.54, 1.807) is 13.2 Å². The highest BCUT2D eigenvalue weighted by Gasteiger charge is 2.27. The fourth-order valence-corrected chi connectivity index (χ4v) is 2.34. The largest absolute Gasteiger partial charge is 0.494 e. The summed E-state index contributed by atoms with van der Waals surface area (Å²) in [7, 11) is 1.60. The monoisotopic (exact) mass is 212 g/mol. The maximum Gasteiger partial charge on any atom is 0.146 e. The number of rotatable bonds is 1. The number of benzene rings is 1. The van der Waals surface area contributed by atoms with Crippen LogP contribution in [0.25, 0.3) is 0 Å². The molecule has 1 aliphatic rings. The molecule has 3 nitrogen and oxygen atoms in total. The van der Waals surface area contributed by atoms with Crippen molar-refractivity contribution >= 4 is 17.3 Å². The standard InChI is InChI=1S/C10H13ClN2O/c1-14-10-8(13)4-6(11)5-2-3-7(12)9(5)10/h4,7H,2-3,12-13H2,1H3/t7-/m1/s1. The Balaban J connectivity index is 2.68. The van der Waals surface area contributed by atoms with Gasteiger partial charge < -0.3 is 16.2 Å². The van der Waals surface area contributed by atoms with Gasteiger partial charge in [-0.2, -0.15) is 0 Å². The van der Waals surface area contributed by atoms with E-state index in [0.29, 0.717) is 16.5 Å². The van der Waals surface area contributed by atoms with Gasteiger partial charge in [-0.3, -0.25) is 0 Å². The third-order valence-corrected chi connectivity index (χ3v) is 3.02. The van der Waals surface area contributed by atoms with Gasteiger partial charge in [0.2, 0.25) is 0 Å². The Morgan fingerprint density at radius 1 is 1.57 bits per heavy atom. The molecular weight excluding hydrogens is 200 g/mol. The number of anilines is 1. The third-order valence-electron chi connectivity index (χ3n) is 2.68. The molecule has 0 unspecified atom stereocenters. The molecule has 0 heterocycles. The van der Waals surface area contributed by atoms with Crippen molar-refractivity contribution in [2.24, 2.45) is 5.73 Å². The summed E-state index contributed by atoms with van der Waals surface area (Å²) in [4.78, 5) is 0. The van der Waals surface area contributed by atoms with Crippen molar-refractivity contribution < 1.29 is 4.74 Å². The fourth-order valence-electron chi connectivity index (χ4n) is 2.03. The number of ether oxygens (including phenoxy) is 1. The van der Waals surface area contributed by atoms with E-state index in [1.807, 2.05) is 0 Å². The van der Waals surface area contributed by atoms with Crippen molar-refractivity contribution in [3.05, 3.63) is 22.2 Å². The predicted molar refractivity (Wildman–Crippen MR) is 57.7 cm³/mol. The molecule has 0 saturated heterocycles. The lowest BCUT2D eigenvalue weighted by molar-refractivity contribution is 0.409. The number of fused-ring (bicyclic) bond motifs is 1. The topological polar surface area (TPSA) is 61.3 Å². The Kier molecular flexibility index (Phi) is 2.29. The zero-order valence-corrected chi connectivity index (χ0v) is 8.77. The first kappa shape index (κ1) is 9.62. The second kappa shape index (κ2) is 3.33. The molecule has 0 bridgehead atoms. The van der Waals surface area contributed by atoms with Gasteiger partial charge in [-0.05, 0) is 24.5 Å². The van der Waals surface area contributed by atoms with E-state index in [2.05, 4.69) is 0 Å². The van der Waals surface area contributed by atoms with Crippen molar-refractivity contribution in [2.45, 2.75) is 18.9 Å². The summed E-state index contributed by atoms with van der Waals surface area (Å²) in [6, 6.07) is 1.73. The smallest absolute Gasteiger partial charge is 0.146 e. The molecule has 0 spiro atoms. The summed E-state index contributed by atoms with van der Waals surface area (Å²) < 4.78 is 5.25. The molecule has 0 fully saturated rings. The summed E-state index contributed by atoms with van der Waals surface area (Å²) in [5.41, 5.74) is 14.4. The molecule has 1 aliphatic carbocycles. The zero-order valence-electron chi connectivity index (χ0n) is 8.01. The minimum Gasteiger partial charge on any atom is -0.494 e. The lowest BCUT2D eigenvalue weighted by Gasteiger charge is -2.14. The number of hydrogen-bond donors (Lipinski definition) is 2. The van der Waals surface area contributed by atoms with Crippen molar-refractivity contribution in [2.75, 3.05) is 12.8 Å². The van der Waals surface area contributed by atoms with Crippen molar-refractivity contribution in [1.29, 1.82) is 0 Å². The molecule has 2 rings (SSSR count). The van der Waals surface area contributed by atoms with Crippen LogP contribution in [0, 0.1) is 0 Å². The van der Waals surface area contributed by atoms with Gasteiger partial charge in [-0.1, -0.05) is 11.6 Å². The van der Waals surface area contributed by atoms with Crippen LogP contribution in [0.5, 0.6) is 5.75 Å². The number of nitrogen functional groups attached to an aromatic ring is 1. The van der Waals surface area contributed by atoms with E-state index < -0.39 is 0 Å². The van der Waals surface area contributed by atoms with Gasteiger partial charge in [-0.15, -0.1) is 0 Å². The van der Waals surface area contributed by atoms with Crippen LogP contribution < -0.4 is 16.2 Å². The molecule has 1 aromatic rings. The molecule has 0 aromatic heterocycles. The van der Waals surface area contributed by atoms with E-state index in [0.717, 1.165) is 24.0 Å². The van der Waals surface area contributed by atoms with E-state index in [4.69, 9.17) is 27.8 Å². The van der Waals surface area contributed by atoms with Gasteiger partial charge in [0, 0.05) is 16.6 Å². The van der Waals surface area contributed by atoms with E-state index in [-0.39, 0.29) is 6.04 Å². The number of methoxy groups -OCH3 is 1. The van der Waals surface area contributed by atoms with Gasteiger partial charge in [0.1, 0.15) is 5.75 Å². The minimum absolute atomic E-state index is 0.000880. The normalized spacial score (nSPS) is 19.5. The maximum atomic E-state index is 6.08.